The Morgan fingerprint density at radius 2 is 2.00 bits per heavy atom. The van der Waals surface area contributed by atoms with Crippen LogP contribution < -0.4 is 5.73 Å². The fourth-order valence-corrected chi connectivity index (χ4v) is 3.31. The summed E-state index contributed by atoms with van der Waals surface area (Å²) < 4.78 is 5.81. The fourth-order valence-electron chi connectivity index (χ4n) is 2.32. The van der Waals surface area contributed by atoms with Crippen molar-refractivity contribution in [2.24, 2.45) is 5.73 Å². The summed E-state index contributed by atoms with van der Waals surface area (Å²) in [6.07, 6.45) is 0. The van der Waals surface area contributed by atoms with E-state index in [0.717, 1.165) is 33.2 Å². The van der Waals surface area contributed by atoms with Crippen molar-refractivity contribution >= 4 is 22.7 Å². The lowest BCUT2D eigenvalue weighted by Crippen LogP contribution is -2.12. The predicted octanol–water partition coefficient (Wildman–Crippen LogP) is 4.24. The molecule has 0 saturated heterocycles. The van der Waals surface area contributed by atoms with E-state index in [1.54, 1.807) is 11.8 Å². The van der Waals surface area contributed by atoms with Crippen LogP contribution in [0.5, 0.6) is 0 Å². The highest BCUT2D eigenvalue weighted by molar-refractivity contribution is 7.99. The maximum atomic E-state index is 6.24. The van der Waals surface area contributed by atoms with Crippen molar-refractivity contribution in [3.8, 4) is 0 Å². The molecule has 2 N–H and O–H groups in total. The monoisotopic (exact) mass is 298 g/mol. The largest absolute Gasteiger partial charge is 0.459 e. The van der Waals surface area contributed by atoms with E-state index >= 15 is 0 Å². The highest BCUT2D eigenvalue weighted by Crippen LogP contribution is 2.27. The second-order valence-electron chi connectivity index (χ2n) is 5.23. The van der Waals surface area contributed by atoms with Gasteiger partial charge < -0.3 is 10.2 Å². The van der Waals surface area contributed by atoms with Crippen LogP contribution in [0.3, 0.4) is 0 Å². The number of thioether (sulfide) groups is 1. The van der Waals surface area contributed by atoms with Gasteiger partial charge in [-0.25, -0.2) is 4.98 Å². The van der Waals surface area contributed by atoms with E-state index in [4.69, 9.17) is 10.2 Å². The van der Waals surface area contributed by atoms with Gasteiger partial charge in [-0.3, -0.25) is 0 Å². The second kappa shape index (κ2) is 5.92. The molecule has 0 aliphatic carbocycles. The Kier molecular flexibility index (Phi) is 3.99. The molecule has 3 aromatic rings. The van der Waals surface area contributed by atoms with Gasteiger partial charge in [0.2, 0.25) is 0 Å². The molecule has 0 bridgehead atoms. The smallest absolute Gasteiger partial charge is 0.134 e. The first kappa shape index (κ1) is 14.2. The summed E-state index contributed by atoms with van der Waals surface area (Å²) in [5, 5.41) is 2.11. The molecular weight excluding hydrogens is 280 g/mol. The van der Waals surface area contributed by atoms with E-state index in [1.165, 1.54) is 5.56 Å². The number of benzene rings is 1. The van der Waals surface area contributed by atoms with E-state index in [9.17, 15) is 0 Å². The van der Waals surface area contributed by atoms with Gasteiger partial charge in [0.15, 0.2) is 0 Å². The molecule has 0 fully saturated rings. The third-order valence-corrected chi connectivity index (χ3v) is 4.33. The zero-order chi connectivity index (χ0) is 14.8. The maximum Gasteiger partial charge on any atom is 0.134 e. The molecule has 2 heterocycles. The molecule has 2 aromatic heterocycles. The van der Waals surface area contributed by atoms with Crippen molar-refractivity contribution in [2.75, 3.05) is 5.75 Å². The predicted molar refractivity (Wildman–Crippen MR) is 87.6 cm³/mol. The van der Waals surface area contributed by atoms with Crippen molar-refractivity contribution in [3.63, 3.8) is 0 Å². The number of nitrogens with two attached hydrogens (primary N) is 1. The average Bonchev–Trinajstić information content (AvgIpc) is 2.87. The summed E-state index contributed by atoms with van der Waals surface area (Å²) in [4.78, 5) is 4.52. The Balaban J connectivity index is 1.72. The molecule has 0 saturated carbocycles. The van der Waals surface area contributed by atoms with Crippen LogP contribution in [0.1, 0.15) is 23.1 Å². The van der Waals surface area contributed by atoms with Crippen LogP contribution in [0.25, 0.3) is 11.0 Å². The van der Waals surface area contributed by atoms with E-state index in [0.29, 0.717) is 0 Å². The molecule has 21 heavy (non-hydrogen) atoms. The number of nitrogens with zero attached hydrogens (tertiary/aromatic N) is 1. The van der Waals surface area contributed by atoms with Gasteiger partial charge in [0.1, 0.15) is 11.3 Å². The van der Waals surface area contributed by atoms with E-state index in [2.05, 4.69) is 24.0 Å². The fraction of sp³-hybridized carbons (Fsp3) is 0.235. The van der Waals surface area contributed by atoms with Crippen LogP contribution in [0.15, 0.2) is 51.9 Å². The topological polar surface area (TPSA) is 52.0 Å². The van der Waals surface area contributed by atoms with E-state index < -0.39 is 0 Å². The van der Waals surface area contributed by atoms with Crippen molar-refractivity contribution < 1.29 is 4.42 Å². The lowest BCUT2D eigenvalue weighted by atomic mass is 10.2. The minimum absolute atomic E-state index is 0.134. The first-order valence-electron chi connectivity index (χ1n) is 6.94. The Bertz CT molecular complexity index is 713. The Labute approximate surface area is 128 Å². The average molecular weight is 298 g/mol. The Hall–Kier alpha value is -1.78. The molecule has 0 aliphatic heterocycles. The molecule has 1 aromatic carbocycles. The third-order valence-electron chi connectivity index (χ3n) is 3.30. The Morgan fingerprint density at radius 1 is 1.19 bits per heavy atom. The first-order valence-corrected chi connectivity index (χ1v) is 7.92. The second-order valence-corrected chi connectivity index (χ2v) is 6.27. The first-order chi connectivity index (χ1) is 10.1. The highest BCUT2D eigenvalue weighted by Gasteiger charge is 2.13. The molecule has 0 spiro atoms. The maximum absolute atomic E-state index is 6.24. The number of hydrogen-bond donors (Lipinski definition) is 1. The van der Waals surface area contributed by atoms with Crippen LogP contribution >= 0.6 is 11.8 Å². The zero-order valence-electron chi connectivity index (χ0n) is 12.2. The summed E-state index contributed by atoms with van der Waals surface area (Å²) in [5.74, 6) is 1.57. The van der Waals surface area contributed by atoms with Crippen LogP contribution in [0, 0.1) is 13.8 Å². The lowest BCUT2D eigenvalue weighted by Gasteiger charge is -2.08. The van der Waals surface area contributed by atoms with Gasteiger partial charge in [-0.2, -0.15) is 0 Å². The zero-order valence-corrected chi connectivity index (χ0v) is 13.0. The van der Waals surface area contributed by atoms with Gasteiger partial charge in [-0.15, -0.1) is 11.8 Å². The standard InChI is InChI=1S/C17H18N2OS/c1-11-7-12(2)19-17(8-11)21-10-14(18)16-9-13-5-3-4-6-15(13)20-16/h3-9,14H,10,18H2,1-2H3. The number of aryl methyl sites for hydroxylation is 2. The lowest BCUT2D eigenvalue weighted by molar-refractivity contribution is 0.516. The van der Waals surface area contributed by atoms with Gasteiger partial charge in [0.25, 0.3) is 0 Å². The summed E-state index contributed by atoms with van der Waals surface area (Å²) in [5.41, 5.74) is 9.39. The van der Waals surface area contributed by atoms with Crippen LogP contribution in [0.2, 0.25) is 0 Å². The van der Waals surface area contributed by atoms with Gasteiger partial charge >= 0.3 is 0 Å². The van der Waals surface area contributed by atoms with Gasteiger partial charge in [0.05, 0.1) is 11.1 Å². The quantitative estimate of drug-likeness (QED) is 0.732. The number of rotatable bonds is 4. The van der Waals surface area contributed by atoms with Crippen LogP contribution in [-0.4, -0.2) is 10.7 Å². The minimum Gasteiger partial charge on any atom is -0.459 e. The number of pyridine rings is 1. The van der Waals surface area contributed by atoms with Crippen molar-refractivity contribution in [2.45, 2.75) is 24.9 Å². The number of para-hydroxylation sites is 1. The number of hydrogen-bond acceptors (Lipinski definition) is 4. The Morgan fingerprint density at radius 3 is 2.76 bits per heavy atom. The summed E-state index contributed by atoms with van der Waals surface area (Å²) in [7, 11) is 0. The molecule has 0 radical (unpaired) electrons. The number of fused-ring (bicyclic) bond motifs is 1. The summed E-state index contributed by atoms with van der Waals surface area (Å²) in [6, 6.07) is 14.0. The van der Waals surface area contributed by atoms with Crippen molar-refractivity contribution in [1.29, 1.82) is 0 Å². The highest BCUT2D eigenvalue weighted by atomic mass is 32.2. The third kappa shape index (κ3) is 3.28. The molecular formula is C17H18N2OS. The van der Waals surface area contributed by atoms with Crippen molar-refractivity contribution in [1.82, 2.24) is 4.98 Å². The number of aromatic nitrogens is 1. The number of furan rings is 1. The minimum atomic E-state index is -0.134. The molecule has 108 valence electrons. The molecule has 0 amide bonds. The van der Waals surface area contributed by atoms with E-state index in [1.807, 2.05) is 37.3 Å². The van der Waals surface area contributed by atoms with Gasteiger partial charge in [0, 0.05) is 16.8 Å². The van der Waals surface area contributed by atoms with E-state index in [-0.39, 0.29) is 6.04 Å². The van der Waals surface area contributed by atoms with Crippen molar-refractivity contribution in [3.05, 3.63) is 59.5 Å². The van der Waals surface area contributed by atoms with Crippen LogP contribution in [-0.2, 0) is 0 Å². The molecule has 1 unspecified atom stereocenters. The SMILES string of the molecule is Cc1cc(C)nc(SCC(N)c2cc3ccccc3o2)c1. The summed E-state index contributed by atoms with van der Waals surface area (Å²) in [6.45, 7) is 4.09. The summed E-state index contributed by atoms with van der Waals surface area (Å²) >= 11 is 1.67. The molecule has 3 rings (SSSR count). The van der Waals surface area contributed by atoms with Gasteiger partial charge in [-0.1, -0.05) is 18.2 Å². The molecule has 3 nitrogen and oxygen atoms in total. The van der Waals surface area contributed by atoms with Gasteiger partial charge in [-0.05, 0) is 43.7 Å². The van der Waals surface area contributed by atoms with Crippen LogP contribution in [0.4, 0.5) is 0 Å². The molecule has 0 aliphatic rings. The normalized spacial score (nSPS) is 12.7. The molecule has 4 heteroatoms. The molecule has 1 atom stereocenters.